The Kier molecular flexibility index (Phi) is 16.5. The van der Waals surface area contributed by atoms with Gasteiger partial charge in [0.15, 0.2) is 0 Å². The van der Waals surface area contributed by atoms with Gasteiger partial charge in [-0.3, -0.25) is 0 Å². The van der Waals surface area contributed by atoms with Crippen LogP contribution in [0.25, 0.3) is 39.6 Å². The molecule has 2 aliphatic carbocycles. The van der Waals surface area contributed by atoms with Crippen LogP contribution in [-0.4, -0.2) is 4.57 Å². The molecule has 0 saturated carbocycles. The van der Waals surface area contributed by atoms with E-state index in [-0.39, 0.29) is 5.41 Å². The molecule has 1 unspecified atom stereocenters. The second-order valence-corrected chi connectivity index (χ2v) is 17.6. The molecule has 1 aromatic heterocycles. The van der Waals surface area contributed by atoms with Gasteiger partial charge in [0.2, 0.25) is 0 Å². The quantitative estimate of drug-likeness (QED) is 0.124. The van der Waals surface area contributed by atoms with E-state index in [1.165, 1.54) is 84.4 Å². The summed E-state index contributed by atoms with van der Waals surface area (Å²) in [4.78, 5) is 0. The molecule has 63 heavy (non-hydrogen) atoms. The normalized spacial score (nSPS) is 15.4. The molecule has 0 spiro atoms. The van der Waals surface area contributed by atoms with E-state index in [0.29, 0.717) is 5.92 Å². The van der Waals surface area contributed by atoms with Gasteiger partial charge in [0.1, 0.15) is 0 Å². The van der Waals surface area contributed by atoms with E-state index in [1.807, 2.05) is 19.1 Å². The third kappa shape index (κ3) is 11.3. The molecule has 0 bridgehead atoms. The van der Waals surface area contributed by atoms with Crippen LogP contribution in [-0.2, 0) is 11.8 Å². The molecule has 0 fully saturated rings. The minimum Gasteiger partial charge on any atom is -0.314 e. The molecule has 1 heteroatoms. The lowest BCUT2D eigenvalue weighted by molar-refractivity contribution is 0.659. The Morgan fingerprint density at radius 1 is 0.778 bits per heavy atom. The minimum absolute atomic E-state index is 0.142. The summed E-state index contributed by atoms with van der Waals surface area (Å²) in [5, 5.41) is 0. The number of benzene rings is 4. The third-order valence-corrected chi connectivity index (χ3v) is 12.3. The molecule has 7 rings (SSSR count). The fraction of sp³-hybridized carbons (Fsp3) is 0.258. The van der Waals surface area contributed by atoms with Crippen molar-refractivity contribution in [3.8, 4) is 11.1 Å². The van der Waals surface area contributed by atoms with Gasteiger partial charge in [-0.1, -0.05) is 197 Å². The maximum Gasteiger partial charge on any atom is 0.0494 e. The van der Waals surface area contributed by atoms with E-state index in [4.69, 9.17) is 0 Å². The van der Waals surface area contributed by atoms with Gasteiger partial charge < -0.3 is 4.57 Å². The van der Waals surface area contributed by atoms with E-state index < -0.39 is 0 Å². The summed E-state index contributed by atoms with van der Waals surface area (Å²) in [6, 6.07) is 31.2. The Bertz CT molecular complexity index is 2580. The summed E-state index contributed by atoms with van der Waals surface area (Å²) < 4.78 is 2.30. The van der Waals surface area contributed by atoms with Crippen molar-refractivity contribution in [2.24, 2.45) is 5.92 Å². The average Bonchev–Trinajstić information content (AvgIpc) is 3.65. The third-order valence-electron chi connectivity index (χ3n) is 12.3. The van der Waals surface area contributed by atoms with Crippen LogP contribution in [0, 0.1) is 40.5 Å². The van der Waals surface area contributed by atoms with Crippen molar-refractivity contribution < 1.29 is 0 Å². The predicted octanol–water partition coefficient (Wildman–Crippen LogP) is 17.6. The standard InChI is InChI=1S/C31H37N.C17H18.C14H16/c1-9-14-17-30-24(7)31(25(8)32(30)29(13-5)16-11-3)23(6)22-28(15-10-2)27-20-18-26(12-4)19-21-27;1-11-5-7-13-14-8-6-12(2)10-16(14)17(3,4)15(13)9-11;1-11-6-8-13(9-7-11)14-5-3-4-12(2)10-14/h9-11,13-22H,1,6,12H2,2-5,7-8H3;5-10H,1-4H3;3,5-10,12H,4H2,1-2H3/b15-10-,16-11-,17-14-,28-22+,29-13+;;. The molecule has 5 aromatic rings. The molecule has 0 aliphatic heterocycles. The zero-order valence-electron chi connectivity index (χ0n) is 40.4. The first kappa shape index (κ1) is 47.9. The van der Waals surface area contributed by atoms with Crippen molar-refractivity contribution in [1.29, 1.82) is 0 Å². The van der Waals surface area contributed by atoms with Crippen molar-refractivity contribution in [2.45, 2.75) is 101 Å². The summed E-state index contributed by atoms with van der Waals surface area (Å²) in [5.74, 6) is 0.677. The van der Waals surface area contributed by atoms with Crippen LogP contribution in [0.1, 0.15) is 122 Å². The smallest absolute Gasteiger partial charge is 0.0494 e. The Balaban J connectivity index is 0.000000199. The zero-order valence-corrected chi connectivity index (χ0v) is 40.4. The van der Waals surface area contributed by atoms with Gasteiger partial charge in [-0.2, -0.15) is 0 Å². The highest BCUT2D eigenvalue weighted by atomic mass is 15.0. The lowest BCUT2D eigenvalue weighted by Gasteiger charge is -2.22. The fourth-order valence-electron chi connectivity index (χ4n) is 8.84. The second kappa shape index (κ2) is 21.8. The van der Waals surface area contributed by atoms with Gasteiger partial charge in [0, 0.05) is 28.1 Å². The summed E-state index contributed by atoms with van der Waals surface area (Å²) >= 11 is 0. The highest BCUT2D eigenvalue weighted by molar-refractivity contribution is 5.90. The summed E-state index contributed by atoms with van der Waals surface area (Å²) in [7, 11) is 0. The van der Waals surface area contributed by atoms with Gasteiger partial charge in [0.05, 0.1) is 0 Å². The molecule has 0 saturated heterocycles. The van der Waals surface area contributed by atoms with E-state index in [9.17, 15) is 0 Å². The van der Waals surface area contributed by atoms with Crippen LogP contribution in [0.15, 0.2) is 165 Å². The highest BCUT2D eigenvalue weighted by Crippen LogP contribution is 2.49. The predicted molar refractivity (Wildman–Crippen MR) is 281 cm³/mol. The van der Waals surface area contributed by atoms with Gasteiger partial charge in [0.25, 0.3) is 0 Å². The summed E-state index contributed by atoms with van der Waals surface area (Å²) in [5.41, 5.74) is 23.2. The molecule has 1 heterocycles. The lowest BCUT2D eigenvalue weighted by Crippen LogP contribution is -2.15. The van der Waals surface area contributed by atoms with Crippen molar-refractivity contribution in [2.75, 3.05) is 0 Å². The van der Waals surface area contributed by atoms with Crippen LogP contribution in [0.2, 0.25) is 0 Å². The highest BCUT2D eigenvalue weighted by Gasteiger charge is 2.35. The van der Waals surface area contributed by atoms with Crippen molar-refractivity contribution in [1.82, 2.24) is 4.57 Å². The maximum atomic E-state index is 4.49. The minimum atomic E-state index is 0.142. The van der Waals surface area contributed by atoms with Gasteiger partial charge >= 0.3 is 0 Å². The molecular weight excluding hydrogens is 759 g/mol. The second-order valence-electron chi connectivity index (χ2n) is 17.6. The molecule has 0 radical (unpaired) electrons. The average molecular weight is 830 g/mol. The van der Waals surface area contributed by atoms with Crippen molar-refractivity contribution >= 4 is 28.5 Å². The number of aryl methyl sites for hydroxylation is 4. The number of rotatable bonds is 10. The van der Waals surface area contributed by atoms with E-state index >= 15 is 0 Å². The lowest BCUT2D eigenvalue weighted by atomic mass is 9.81. The fourth-order valence-corrected chi connectivity index (χ4v) is 8.84. The Hall–Kier alpha value is -6.18. The molecule has 1 nitrogen and oxygen atoms in total. The SMILES string of the molecule is C=C/C=C\c1c(C)c(C(=C)/C=C(\C=C/C)c2ccc(CC)cc2)c(C)n1C(/C=C\C)=C/C.Cc1ccc(C2=CC(C)CC=C2)cc1.Cc1ccc2c(c1)C(C)(C)c1cc(C)ccc1-2. The Morgan fingerprint density at radius 3 is 1.89 bits per heavy atom. The molecule has 1 atom stereocenters. The zero-order chi connectivity index (χ0) is 45.8. The number of nitrogens with zero attached hydrogens (tertiary/aromatic N) is 1. The van der Waals surface area contributed by atoms with Crippen LogP contribution in [0.3, 0.4) is 0 Å². The Morgan fingerprint density at radius 2 is 1.37 bits per heavy atom. The summed E-state index contributed by atoms with van der Waals surface area (Å²) in [6.07, 6.45) is 27.8. The van der Waals surface area contributed by atoms with E-state index in [2.05, 4.69) is 240 Å². The number of aromatic nitrogens is 1. The topological polar surface area (TPSA) is 4.93 Å². The van der Waals surface area contributed by atoms with Crippen molar-refractivity contribution in [3.63, 3.8) is 0 Å². The first-order chi connectivity index (χ1) is 30.2. The van der Waals surface area contributed by atoms with E-state index in [0.717, 1.165) is 29.0 Å². The molecule has 4 aromatic carbocycles. The molecular formula is C62H71N. The molecule has 0 N–H and O–H groups in total. The van der Waals surface area contributed by atoms with Gasteiger partial charge in [-0.05, 0) is 154 Å². The number of allylic oxidation sites excluding steroid dienone is 15. The number of fused-ring (bicyclic) bond motifs is 3. The van der Waals surface area contributed by atoms with Gasteiger partial charge in [-0.25, -0.2) is 0 Å². The molecule has 324 valence electrons. The monoisotopic (exact) mass is 830 g/mol. The largest absolute Gasteiger partial charge is 0.314 e. The van der Waals surface area contributed by atoms with Crippen LogP contribution in [0.4, 0.5) is 0 Å². The van der Waals surface area contributed by atoms with E-state index in [1.54, 1.807) is 0 Å². The summed E-state index contributed by atoms with van der Waals surface area (Å²) in [6.45, 7) is 34.4. The Labute approximate surface area is 381 Å². The van der Waals surface area contributed by atoms with Gasteiger partial charge in [-0.15, -0.1) is 0 Å². The first-order valence-corrected chi connectivity index (χ1v) is 22.8. The van der Waals surface area contributed by atoms with Crippen LogP contribution in [0.5, 0.6) is 0 Å². The van der Waals surface area contributed by atoms with Crippen molar-refractivity contribution in [3.05, 3.63) is 232 Å². The maximum absolute atomic E-state index is 4.49. The first-order valence-electron chi connectivity index (χ1n) is 22.8. The number of hydrogen-bond acceptors (Lipinski definition) is 0. The molecule has 2 aliphatic rings. The number of hydrogen-bond donors (Lipinski definition) is 0. The van der Waals surface area contributed by atoms with Crippen LogP contribution >= 0.6 is 0 Å². The van der Waals surface area contributed by atoms with Crippen LogP contribution < -0.4 is 0 Å². The molecule has 0 amide bonds.